The van der Waals surface area contributed by atoms with Gasteiger partial charge in [-0.3, -0.25) is 22.9 Å². The van der Waals surface area contributed by atoms with Gasteiger partial charge in [0.25, 0.3) is 5.56 Å². The molecule has 0 atom stereocenters. The van der Waals surface area contributed by atoms with Crippen LogP contribution >= 0.6 is 0 Å². The number of hydrogen-bond donors (Lipinski definition) is 0. The Labute approximate surface area is 156 Å². The molecule has 27 heavy (non-hydrogen) atoms. The van der Waals surface area contributed by atoms with Crippen LogP contribution in [0.5, 0.6) is 0 Å². The number of aromatic nitrogens is 5. The van der Waals surface area contributed by atoms with E-state index in [1.54, 1.807) is 7.05 Å². The highest BCUT2D eigenvalue weighted by Crippen LogP contribution is 2.24. The SMILES string of the molecule is CCCn1c(=O)c2c(nc3n(-c4ccc(C)cc4)c(C)c(C)n23)n(C)c1=O. The summed E-state index contributed by atoms with van der Waals surface area (Å²) in [5, 5.41) is 0. The molecule has 7 heteroatoms. The molecule has 140 valence electrons. The molecule has 0 saturated heterocycles. The molecule has 0 saturated carbocycles. The number of hydrogen-bond acceptors (Lipinski definition) is 3. The van der Waals surface area contributed by atoms with Crippen LogP contribution in [0, 0.1) is 20.8 Å². The van der Waals surface area contributed by atoms with E-state index >= 15 is 0 Å². The molecule has 3 aromatic heterocycles. The Balaban J connectivity index is 2.19. The maximum atomic E-state index is 13.1. The minimum Gasteiger partial charge on any atom is -0.283 e. The molecule has 4 rings (SSSR count). The van der Waals surface area contributed by atoms with Gasteiger partial charge in [0.05, 0.1) is 0 Å². The summed E-state index contributed by atoms with van der Waals surface area (Å²) in [4.78, 5) is 30.4. The third-order valence-corrected chi connectivity index (χ3v) is 5.26. The third kappa shape index (κ3) is 2.31. The molecule has 1 aromatic carbocycles. The van der Waals surface area contributed by atoms with Gasteiger partial charge in [-0.05, 0) is 39.3 Å². The van der Waals surface area contributed by atoms with E-state index in [0.717, 1.165) is 17.1 Å². The van der Waals surface area contributed by atoms with Crippen LogP contribution in [-0.2, 0) is 13.6 Å². The van der Waals surface area contributed by atoms with Gasteiger partial charge < -0.3 is 0 Å². The summed E-state index contributed by atoms with van der Waals surface area (Å²) in [5.41, 5.74) is 4.35. The van der Waals surface area contributed by atoms with Crippen LogP contribution in [-0.4, -0.2) is 23.1 Å². The zero-order chi connectivity index (χ0) is 19.5. The van der Waals surface area contributed by atoms with E-state index in [4.69, 9.17) is 4.98 Å². The first kappa shape index (κ1) is 17.3. The number of imidazole rings is 2. The van der Waals surface area contributed by atoms with Crippen molar-refractivity contribution in [1.29, 1.82) is 0 Å². The molecule has 0 N–H and O–H groups in total. The minimum absolute atomic E-state index is 0.286. The first-order chi connectivity index (χ1) is 12.9. The Bertz CT molecular complexity index is 1300. The van der Waals surface area contributed by atoms with E-state index < -0.39 is 0 Å². The van der Waals surface area contributed by atoms with Crippen molar-refractivity contribution in [2.45, 2.75) is 40.7 Å². The van der Waals surface area contributed by atoms with Crippen molar-refractivity contribution in [3.8, 4) is 5.69 Å². The monoisotopic (exact) mass is 365 g/mol. The Morgan fingerprint density at radius 2 is 1.67 bits per heavy atom. The molecule has 0 bridgehead atoms. The molecular formula is C20H23N5O2. The van der Waals surface area contributed by atoms with Gasteiger partial charge in [-0.15, -0.1) is 0 Å². The van der Waals surface area contributed by atoms with E-state index in [2.05, 4.69) is 0 Å². The van der Waals surface area contributed by atoms with Crippen molar-refractivity contribution in [2.75, 3.05) is 0 Å². The fourth-order valence-electron chi connectivity index (χ4n) is 3.67. The quantitative estimate of drug-likeness (QED) is 0.560. The molecule has 0 aliphatic heterocycles. The smallest absolute Gasteiger partial charge is 0.283 e. The number of benzene rings is 1. The average molecular weight is 365 g/mol. The zero-order valence-corrected chi connectivity index (χ0v) is 16.3. The van der Waals surface area contributed by atoms with E-state index in [-0.39, 0.29) is 11.2 Å². The fourth-order valence-corrected chi connectivity index (χ4v) is 3.67. The number of rotatable bonds is 3. The molecule has 4 aromatic rings. The van der Waals surface area contributed by atoms with Gasteiger partial charge >= 0.3 is 5.69 Å². The first-order valence-corrected chi connectivity index (χ1v) is 9.13. The van der Waals surface area contributed by atoms with Crippen LogP contribution in [0.1, 0.15) is 30.3 Å². The predicted molar refractivity (Wildman–Crippen MR) is 106 cm³/mol. The zero-order valence-electron chi connectivity index (χ0n) is 16.3. The molecule has 0 spiro atoms. The van der Waals surface area contributed by atoms with Gasteiger partial charge in [-0.1, -0.05) is 24.6 Å². The number of aryl methyl sites for hydroxylation is 3. The highest BCUT2D eigenvalue weighted by atomic mass is 16.2. The molecule has 0 amide bonds. The lowest BCUT2D eigenvalue weighted by molar-refractivity contribution is 0.592. The van der Waals surface area contributed by atoms with E-state index in [0.29, 0.717) is 29.9 Å². The van der Waals surface area contributed by atoms with Crippen molar-refractivity contribution >= 4 is 16.9 Å². The van der Waals surface area contributed by atoms with Crippen molar-refractivity contribution in [1.82, 2.24) is 23.1 Å². The Morgan fingerprint density at radius 3 is 2.30 bits per heavy atom. The summed E-state index contributed by atoms with van der Waals surface area (Å²) >= 11 is 0. The van der Waals surface area contributed by atoms with Gasteiger partial charge in [-0.2, -0.15) is 4.98 Å². The summed E-state index contributed by atoms with van der Waals surface area (Å²) in [6.45, 7) is 8.38. The molecule has 0 fully saturated rings. The van der Waals surface area contributed by atoms with Gasteiger partial charge in [0.15, 0.2) is 11.2 Å². The van der Waals surface area contributed by atoms with E-state index in [1.807, 2.05) is 60.9 Å². The van der Waals surface area contributed by atoms with Crippen molar-refractivity contribution < 1.29 is 0 Å². The van der Waals surface area contributed by atoms with Crippen LogP contribution < -0.4 is 11.2 Å². The lowest BCUT2D eigenvalue weighted by atomic mass is 10.2. The molecule has 0 radical (unpaired) electrons. The summed E-state index contributed by atoms with van der Waals surface area (Å²) < 4.78 is 6.67. The maximum Gasteiger partial charge on any atom is 0.332 e. The van der Waals surface area contributed by atoms with Crippen molar-refractivity contribution in [3.05, 3.63) is 62.1 Å². The van der Waals surface area contributed by atoms with E-state index in [9.17, 15) is 9.59 Å². The lowest BCUT2D eigenvalue weighted by Gasteiger charge is -2.07. The highest BCUT2D eigenvalue weighted by Gasteiger charge is 2.22. The predicted octanol–water partition coefficient (Wildman–Crippen LogP) is 2.47. The van der Waals surface area contributed by atoms with Gasteiger partial charge in [0, 0.05) is 30.7 Å². The highest BCUT2D eigenvalue weighted by molar-refractivity contribution is 5.77. The molecule has 0 unspecified atom stereocenters. The summed E-state index contributed by atoms with van der Waals surface area (Å²) in [6.07, 6.45) is 0.713. The fraction of sp³-hybridized carbons (Fsp3) is 0.350. The normalized spacial score (nSPS) is 11.7. The number of fused-ring (bicyclic) bond motifs is 3. The van der Waals surface area contributed by atoms with Gasteiger partial charge in [0.1, 0.15) is 0 Å². The summed E-state index contributed by atoms with van der Waals surface area (Å²) in [6, 6.07) is 8.17. The van der Waals surface area contributed by atoms with Crippen molar-refractivity contribution in [3.63, 3.8) is 0 Å². The summed E-state index contributed by atoms with van der Waals surface area (Å²) in [7, 11) is 1.67. The minimum atomic E-state index is -0.327. The van der Waals surface area contributed by atoms with Crippen LogP contribution in [0.15, 0.2) is 33.9 Å². The van der Waals surface area contributed by atoms with Crippen molar-refractivity contribution in [2.24, 2.45) is 7.05 Å². The first-order valence-electron chi connectivity index (χ1n) is 9.13. The molecule has 0 aliphatic rings. The van der Waals surface area contributed by atoms with Crippen LogP contribution in [0.2, 0.25) is 0 Å². The molecule has 0 aliphatic carbocycles. The largest absolute Gasteiger partial charge is 0.332 e. The van der Waals surface area contributed by atoms with E-state index in [1.165, 1.54) is 14.7 Å². The maximum absolute atomic E-state index is 13.1. The second-order valence-electron chi connectivity index (χ2n) is 7.06. The van der Waals surface area contributed by atoms with Crippen LogP contribution in [0.4, 0.5) is 0 Å². The third-order valence-electron chi connectivity index (χ3n) is 5.26. The molecule has 3 heterocycles. The Kier molecular flexibility index (Phi) is 3.83. The topological polar surface area (TPSA) is 66.2 Å². The average Bonchev–Trinajstić information content (AvgIpc) is 3.14. The number of nitrogens with zero attached hydrogens (tertiary/aromatic N) is 5. The summed E-state index contributed by atoms with van der Waals surface area (Å²) in [5.74, 6) is 0.644. The Morgan fingerprint density at radius 1 is 1.00 bits per heavy atom. The van der Waals surface area contributed by atoms with Crippen LogP contribution in [0.3, 0.4) is 0 Å². The van der Waals surface area contributed by atoms with Crippen LogP contribution in [0.25, 0.3) is 22.6 Å². The standard InChI is InChI=1S/C20H23N5O2/c1-6-11-23-18(26)16-17(22(5)20(23)27)21-19-24(13(3)14(4)25(16)19)15-9-7-12(2)8-10-15/h7-10H,6,11H2,1-5H3. The Hall–Kier alpha value is -3.09. The van der Waals surface area contributed by atoms with Gasteiger partial charge in [0.2, 0.25) is 5.78 Å². The second kappa shape index (κ2) is 5.97. The van der Waals surface area contributed by atoms with Gasteiger partial charge in [-0.25, -0.2) is 4.79 Å². The second-order valence-corrected chi connectivity index (χ2v) is 7.06. The molecular weight excluding hydrogens is 342 g/mol. The lowest BCUT2D eigenvalue weighted by Crippen LogP contribution is -2.39. The molecule has 7 nitrogen and oxygen atoms in total.